The fraction of sp³-hybridized carbons (Fsp3) is 0.143. The third-order valence-electron chi connectivity index (χ3n) is 3.00. The van der Waals surface area contributed by atoms with E-state index in [2.05, 4.69) is 16.4 Å². The van der Waals surface area contributed by atoms with Crippen molar-refractivity contribution >= 4 is 21.6 Å². The van der Waals surface area contributed by atoms with Crippen molar-refractivity contribution in [3.05, 3.63) is 47.2 Å². The summed E-state index contributed by atoms with van der Waals surface area (Å²) in [6, 6.07) is 9.30. The number of nitrogens with one attached hydrogen (secondary N) is 1. The molecule has 1 heterocycles. The molecule has 0 amide bonds. The van der Waals surface area contributed by atoms with Crippen molar-refractivity contribution in [1.82, 2.24) is 4.98 Å². The second-order valence-electron chi connectivity index (χ2n) is 4.52. The van der Waals surface area contributed by atoms with Crippen LogP contribution >= 0.6 is 0 Å². The summed E-state index contributed by atoms with van der Waals surface area (Å²) in [4.78, 5) is 4.12. The van der Waals surface area contributed by atoms with Crippen LogP contribution in [0.4, 0.5) is 11.5 Å². The Labute approximate surface area is 122 Å². The third kappa shape index (κ3) is 3.37. The zero-order valence-corrected chi connectivity index (χ0v) is 12.3. The maximum atomic E-state index is 11.0. The highest BCUT2D eigenvalue weighted by molar-refractivity contribution is 7.85. The number of aromatic nitrogens is 1. The zero-order valence-electron chi connectivity index (χ0n) is 11.5. The number of aryl methyl sites for hydroxylation is 2. The Balaban J connectivity index is 2.35. The molecule has 0 fully saturated rings. The smallest absolute Gasteiger partial charge is 0.294 e. The minimum Gasteiger partial charge on any atom is -0.339 e. The fourth-order valence-electron chi connectivity index (χ4n) is 1.73. The van der Waals surface area contributed by atoms with Gasteiger partial charge in [-0.15, -0.1) is 0 Å². The molecule has 108 valence electrons. The molecule has 6 nitrogen and oxygen atoms in total. The van der Waals surface area contributed by atoms with E-state index < -0.39 is 10.1 Å². The second kappa shape index (κ2) is 5.52. The molecule has 0 aliphatic heterocycles. The van der Waals surface area contributed by atoms with Crippen LogP contribution in [0.5, 0.6) is 0 Å². The number of hydrogen-bond acceptors (Lipinski definition) is 5. The molecule has 0 aliphatic carbocycles. The lowest BCUT2D eigenvalue weighted by Crippen LogP contribution is -2.01. The van der Waals surface area contributed by atoms with E-state index in [0.29, 0.717) is 17.1 Å². The summed E-state index contributed by atoms with van der Waals surface area (Å²) in [5, 5.41) is 12.1. The van der Waals surface area contributed by atoms with Crippen LogP contribution in [0, 0.1) is 25.2 Å². The molecule has 21 heavy (non-hydrogen) atoms. The van der Waals surface area contributed by atoms with Gasteiger partial charge in [-0.3, -0.25) is 4.55 Å². The predicted octanol–water partition coefficient (Wildman–Crippen LogP) is 2.56. The van der Waals surface area contributed by atoms with Crippen molar-refractivity contribution in [3.8, 4) is 6.07 Å². The molecule has 1 aromatic carbocycles. The number of nitriles is 1. The van der Waals surface area contributed by atoms with E-state index in [0.717, 1.165) is 11.3 Å². The predicted molar refractivity (Wildman–Crippen MR) is 78.0 cm³/mol. The Bertz CT molecular complexity index is 822. The molecule has 0 aliphatic rings. The molecule has 0 bridgehead atoms. The van der Waals surface area contributed by atoms with Gasteiger partial charge >= 0.3 is 0 Å². The molecule has 2 N–H and O–H groups in total. The molecule has 2 rings (SSSR count). The normalized spacial score (nSPS) is 11.0. The van der Waals surface area contributed by atoms with Gasteiger partial charge in [-0.1, -0.05) is 0 Å². The van der Waals surface area contributed by atoms with Gasteiger partial charge in [0.05, 0.1) is 10.5 Å². The van der Waals surface area contributed by atoms with Gasteiger partial charge in [0.25, 0.3) is 10.1 Å². The summed E-state index contributed by atoms with van der Waals surface area (Å²) in [7, 11) is -4.21. The summed E-state index contributed by atoms with van der Waals surface area (Å²) in [5.41, 5.74) is 2.68. The van der Waals surface area contributed by atoms with Gasteiger partial charge in [-0.2, -0.15) is 13.7 Å². The van der Waals surface area contributed by atoms with E-state index in [1.165, 1.54) is 24.3 Å². The monoisotopic (exact) mass is 303 g/mol. The van der Waals surface area contributed by atoms with Crippen LogP contribution in [0.15, 0.2) is 35.2 Å². The number of anilines is 2. The third-order valence-corrected chi connectivity index (χ3v) is 3.87. The largest absolute Gasteiger partial charge is 0.339 e. The molecular formula is C14H13N3O3S. The van der Waals surface area contributed by atoms with Gasteiger partial charge in [-0.05, 0) is 49.7 Å². The van der Waals surface area contributed by atoms with E-state index in [-0.39, 0.29) is 4.90 Å². The molecule has 2 aromatic rings. The first-order chi connectivity index (χ1) is 9.81. The Morgan fingerprint density at radius 3 is 2.38 bits per heavy atom. The minimum absolute atomic E-state index is 0.193. The van der Waals surface area contributed by atoms with Crippen LogP contribution in [-0.4, -0.2) is 18.0 Å². The Morgan fingerprint density at radius 1 is 1.24 bits per heavy atom. The van der Waals surface area contributed by atoms with E-state index in [1.54, 1.807) is 6.07 Å². The second-order valence-corrected chi connectivity index (χ2v) is 5.94. The number of benzene rings is 1. The van der Waals surface area contributed by atoms with Gasteiger partial charge in [0.2, 0.25) is 0 Å². The van der Waals surface area contributed by atoms with Crippen molar-refractivity contribution in [3.63, 3.8) is 0 Å². The highest BCUT2D eigenvalue weighted by Crippen LogP contribution is 2.22. The first-order valence-corrected chi connectivity index (χ1v) is 7.48. The van der Waals surface area contributed by atoms with Crippen LogP contribution in [0.1, 0.15) is 16.8 Å². The van der Waals surface area contributed by atoms with Gasteiger partial charge < -0.3 is 5.32 Å². The Hall–Kier alpha value is -2.43. The van der Waals surface area contributed by atoms with Gasteiger partial charge in [0.15, 0.2) is 0 Å². The standard InChI is InChI=1S/C14H13N3O3S/c1-9-7-11(8-15)14(16-10(9)2)17-12-3-5-13(6-4-12)21(18,19)20/h3-7H,1-2H3,(H,16,17)(H,18,19,20). The minimum atomic E-state index is -4.21. The number of hydrogen-bond donors (Lipinski definition) is 2. The molecular weight excluding hydrogens is 290 g/mol. The lowest BCUT2D eigenvalue weighted by molar-refractivity contribution is 0.483. The summed E-state index contributed by atoms with van der Waals surface area (Å²) >= 11 is 0. The molecule has 0 saturated carbocycles. The molecule has 1 aromatic heterocycles. The molecule has 7 heteroatoms. The van der Waals surface area contributed by atoms with E-state index in [9.17, 15) is 8.42 Å². The van der Waals surface area contributed by atoms with Gasteiger partial charge in [0.1, 0.15) is 11.9 Å². The van der Waals surface area contributed by atoms with E-state index in [4.69, 9.17) is 9.81 Å². The van der Waals surface area contributed by atoms with Crippen molar-refractivity contribution in [1.29, 1.82) is 5.26 Å². The maximum Gasteiger partial charge on any atom is 0.294 e. The zero-order chi connectivity index (χ0) is 15.6. The van der Waals surface area contributed by atoms with Crippen LogP contribution in [0.25, 0.3) is 0 Å². The lowest BCUT2D eigenvalue weighted by atomic mass is 10.1. The van der Waals surface area contributed by atoms with Crippen molar-refractivity contribution in [2.75, 3.05) is 5.32 Å². The average Bonchev–Trinajstić information content (AvgIpc) is 2.42. The van der Waals surface area contributed by atoms with Crippen LogP contribution < -0.4 is 5.32 Å². The van der Waals surface area contributed by atoms with E-state index >= 15 is 0 Å². The average molecular weight is 303 g/mol. The Kier molecular flexibility index (Phi) is 3.93. The summed E-state index contributed by atoms with van der Waals surface area (Å²) < 4.78 is 30.8. The van der Waals surface area contributed by atoms with Gasteiger partial charge in [-0.25, -0.2) is 4.98 Å². The molecule has 0 saturated heterocycles. The summed E-state index contributed by atoms with van der Waals surface area (Å²) in [6.45, 7) is 3.71. The lowest BCUT2D eigenvalue weighted by Gasteiger charge is -2.10. The number of nitrogens with zero attached hydrogens (tertiary/aromatic N) is 2. The molecule has 0 spiro atoms. The summed E-state index contributed by atoms with van der Waals surface area (Å²) in [5.74, 6) is 0.403. The van der Waals surface area contributed by atoms with Gasteiger partial charge in [0, 0.05) is 11.4 Å². The maximum absolute atomic E-state index is 11.0. The molecule has 0 radical (unpaired) electrons. The first-order valence-electron chi connectivity index (χ1n) is 6.04. The fourth-order valence-corrected chi connectivity index (χ4v) is 2.21. The Morgan fingerprint density at radius 2 is 1.86 bits per heavy atom. The van der Waals surface area contributed by atoms with Crippen LogP contribution in [0.3, 0.4) is 0 Å². The van der Waals surface area contributed by atoms with Crippen LogP contribution in [-0.2, 0) is 10.1 Å². The number of pyridine rings is 1. The SMILES string of the molecule is Cc1cc(C#N)c(Nc2ccc(S(=O)(=O)O)cc2)nc1C. The quantitative estimate of drug-likeness (QED) is 0.845. The highest BCUT2D eigenvalue weighted by Gasteiger charge is 2.10. The van der Waals surface area contributed by atoms with Crippen molar-refractivity contribution in [2.45, 2.75) is 18.7 Å². The first kappa shape index (κ1) is 15.0. The topological polar surface area (TPSA) is 103 Å². The highest BCUT2D eigenvalue weighted by atomic mass is 32.2. The molecule has 0 atom stereocenters. The van der Waals surface area contributed by atoms with Crippen molar-refractivity contribution in [2.24, 2.45) is 0 Å². The van der Waals surface area contributed by atoms with E-state index in [1.807, 2.05) is 13.8 Å². The van der Waals surface area contributed by atoms with Crippen LogP contribution in [0.2, 0.25) is 0 Å². The molecule has 0 unspecified atom stereocenters. The summed E-state index contributed by atoms with van der Waals surface area (Å²) in [6.07, 6.45) is 0. The number of rotatable bonds is 3. The van der Waals surface area contributed by atoms with Crippen molar-refractivity contribution < 1.29 is 13.0 Å².